The molecule has 0 unspecified atom stereocenters. The molecular weight excluding hydrogens is 506 g/mol. The molecule has 7 rings (SSSR count). The average molecular weight is 542 g/mol. The van der Waals surface area contributed by atoms with E-state index in [9.17, 15) is 0 Å². The fourth-order valence-corrected chi connectivity index (χ4v) is 6.44. The van der Waals surface area contributed by atoms with E-state index in [1.54, 1.807) is 0 Å². The molecule has 0 saturated carbocycles. The van der Waals surface area contributed by atoms with Gasteiger partial charge in [0.15, 0.2) is 0 Å². The number of hydrogen-bond acceptors (Lipinski definition) is 1. The Labute approximate surface area is 249 Å². The predicted molar refractivity (Wildman–Crippen MR) is 179 cm³/mol. The molecular formula is C41H35N. The van der Waals surface area contributed by atoms with Crippen LogP contribution in [0.25, 0.3) is 33.4 Å². The molecule has 42 heavy (non-hydrogen) atoms. The number of hydrogen-bond donors (Lipinski definition) is 0. The molecule has 0 fully saturated rings. The third-order valence-corrected chi connectivity index (χ3v) is 8.80. The van der Waals surface area contributed by atoms with Crippen molar-refractivity contribution in [1.29, 1.82) is 0 Å². The molecule has 0 N–H and O–H groups in total. The topological polar surface area (TPSA) is 3.24 Å². The van der Waals surface area contributed by atoms with Gasteiger partial charge in [0, 0.05) is 22.5 Å². The minimum Gasteiger partial charge on any atom is -0.310 e. The molecule has 0 saturated heterocycles. The van der Waals surface area contributed by atoms with E-state index in [1.165, 1.54) is 72.7 Å². The van der Waals surface area contributed by atoms with Crippen LogP contribution in [0.4, 0.5) is 17.1 Å². The summed E-state index contributed by atoms with van der Waals surface area (Å²) in [4.78, 5) is 2.38. The maximum Gasteiger partial charge on any atom is 0.0465 e. The van der Waals surface area contributed by atoms with Crippen molar-refractivity contribution >= 4 is 17.1 Å². The van der Waals surface area contributed by atoms with E-state index in [0.29, 0.717) is 0 Å². The molecule has 0 bridgehead atoms. The van der Waals surface area contributed by atoms with Gasteiger partial charge in [-0.15, -0.1) is 0 Å². The Balaban J connectivity index is 1.28. The lowest BCUT2D eigenvalue weighted by atomic mass is 9.81. The molecule has 0 aromatic heterocycles. The highest BCUT2D eigenvalue weighted by Crippen LogP contribution is 2.51. The van der Waals surface area contributed by atoms with Crippen LogP contribution >= 0.6 is 0 Å². The summed E-state index contributed by atoms with van der Waals surface area (Å²) < 4.78 is 0. The summed E-state index contributed by atoms with van der Waals surface area (Å²) in [6.45, 7) is 9.03. The van der Waals surface area contributed by atoms with Crippen LogP contribution in [0.5, 0.6) is 0 Å². The van der Waals surface area contributed by atoms with Gasteiger partial charge in [-0.25, -0.2) is 0 Å². The monoisotopic (exact) mass is 541 g/mol. The van der Waals surface area contributed by atoms with Crippen molar-refractivity contribution in [3.05, 3.63) is 162 Å². The van der Waals surface area contributed by atoms with E-state index < -0.39 is 0 Å². The number of rotatable bonds is 5. The first kappa shape index (κ1) is 26.0. The molecule has 6 aromatic carbocycles. The van der Waals surface area contributed by atoms with Crippen molar-refractivity contribution in [3.63, 3.8) is 0 Å². The molecule has 0 radical (unpaired) electrons. The molecule has 6 aromatic rings. The van der Waals surface area contributed by atoms with Crippen molar-refractivity contribution in [2.45, 2.75) is 33.1 Å². The van der Waals surface area contributed by atoms with Crippen LogP contribution in [-0.2, 0) is 5.41 Å². The highest BCUT2D eigenvalue weighted by Gasteiger charge is 2.36. The summed E-state index contributed by atoms with van der Waals surface area (Å²) in [7, 11) is 0. The Morgan fingerprint density at radius 3 is 1.64 bits per heavy atom. The van der Waals surface area contributed by atoms with Gasteiger partial charge in [-0.3, -0.25) is 0 Å². The first-order valence-electron chi connectivity index (χ1n) is 14.8. The Kier molecular flexibility index (Phi) is 6.32. The quantitative estimate of drug-likeness (QED) is 0.210. The standard InChI is InChI=1S/C41H35N/c1-28-13-20-34(21-14-28)42(35-12-8-9-29(2)25-35)36-22-24-38-37-23-19-33(26-39(37)41(3,4)40(38)27-36)32-17-15-31(16-18-32)30-10-6-5-7-11-30/h5-27H,1-4H3. The van der Waals surface area contributed by atoms with Crippen LogP contribution in [0, 0.1) is 13.8 Å². The zero-order valence-corrected chi connectivity index (χ0v) is 24.7. The lowest BCUT2D eigenvalue weighted by molar-refractivity contribution is 0.660. The van der Waals surface area contributed by atoms with Gasteiger partial charge >= 0.3 is 0 Å². The molecule has 0 atom stereocenters. The number of nitrogens with zero attached hydrogens (tertiary/aromatic N) is 1. The minimum absolute atomic E-state index is 0.119. The largest absolute Gasteiger partial charge is 0.310 e. The molecule has 1 aliphatic carbocycles. The molecule has 1 nitrogen and oxygen atoms in total. The first-order valence-corrected chi connectivity index (χ1v) is 14.8. The highest BCUT2D eigenvalue weighted by molar-refractivity contribution is 5.87. The van der Waals surface area contributed by atoms with E-state index in [0.717, 1.165) is 0 Å². The van der Waals surface area contributed by atoms with Gasteiger partial charge < -0.3 is 4.90 Å². The number of benzene rings is 6. The predicted octanol–water partition coefficient (Wildman–Crippen LogP) is 11.4. The van der Waals surface area contributed by atoms with E-state index in [4.69, 9.17) is 0 Å². The molecule has 0 spiro atoms. The fraction of sp³-hybridized carbons (Fsp3) is 0.122. The Morgan fingerprint density at radius 2 is 0.952 bits per heavy atom. The van der Waals surface area contributed by atoms with Crippen LogP contribution in [0.2, 0.25) is 0 Å². The van der Waals surface area contributed by atoms with E-state index in [2.05, 4.69) is 172 Å². The molecule has 0 aliphatic heterocycles. The van der Waals surface area contributed by atoms with Crippen molar-refractivity contribution < 1.29 is 0 Å². The second-order valence-corrected chi connectivity index (χ2v) is 12.1. The summed E-state index contributed by atoms with van der Waals surface area (Å²) in [5.74, 6) is 0. The lowest BCUT2D eigenvalue weighted by Gasteiger charge is -2.28. The highest BCUT2D eigenvalue weighted by atomic mass is 15.1. The zero-order chi connectivity index (χ0) is 28.8. The number of anilines is 3. The summed E-state index contributed by atoms with van der Waals surface area (Å²) >= 11 is 0. The fourth-order valence-electron chi connectivity index (χ4n) is 6.44. The van der Waals surface area contributed by atoms with Gasteiger partial charge in [-0.05, 0) is 106 Å². The zero-order valence-electron chi connectivity index (χ0n) is 24.7. The van der Waals surface area contributed by atoms with Gasteiger partial charge in [0.1, 0.15) is 0 Å². The van der Waals surface area contributed by atoms with Crippen LogP contribution in [-0.4, -0.2) is 0 Å². The van der Waals surface area contributed by atoms with Crippen molar-refractivity contribution in [3.8, 4) is 33.4 Å². The van der Waals surface area contributed by atoms with Crippen LogP contribution in [0.3, 0.4) is 0 Å². The van der Waals surface area contributed by atoms with Gasteiger partial charge in [-0.2, -0.15) is 0 Å². The van der Waals surface area contributed by atoms with Crippen LogP contribution in [0.15, 0.2) is 140 Å². The summed E-state index contributed by atoms with van der Waals surface area (Å²) in [5, 5.41) is 0. The molecule has 1 heteroatoms. The molecule has 204 valence electrons. The van der Waals surface area contributed by atoms with Gasteiger partial charge in [0.25, 0.3) is 0 Å². The normalized spacial score (nSPS) is 13.0. The molecule has 0 heterocycles. The number of aryl methyl sites for hydroxylation is 2. The second kappa shape index (κ2) is 10.2. The lowest BCUT2D eigenvalue weighted by Crippen LogP contribution is -2.16. The van der Waals surface area contributed by atoms with Crippen molar-refractivity contribution in [1.82, 2.24) is 0 Å². The Bertz CT molecular complexity index is 1890. The van der Waals surface area contributed by atoms with Crippen molar-refractivity contribution in [2.75, 3.05) is 4.90 Å². The molecule has 1 aliphatic rings. The average Bonchev–Trinajstić information content (AvgIpc) is 3.24. The smallest absolute Gasteiger partial charge is 0.0465 e. The van der Waals surface area contributed by atoms with E-state index >= 15 is 0 Å². The van der Waals surface area contributed by atoms with Gasteiger partial charge in [0.2, 0.25) is 0 Å². The van der Waals surface area contributed by atoms with Crippen molar-refractivity contribution in [2.24, 2.45) is 0 Å². The van der Waals surface area contributed by atoms with Crippen LogP contribution in [0.1, 0.15) is 36.1 Å². The van der Waals surface area contributed by atoms with Gasteiger partial charge in [-0.1, -0.05) is 116 Å². The summed E-state index contributed by atoms with van der Waals surface area (Å²) in [5.41, 5.74) is 16.3. The number of fused-ring (bicyclic) bond motifs is 3. The van der Waals surface area contributed by atoms with E-state index in [1.807, 2.05) is 0 Å². The first-order chi connectivity index (χ1) is 20.4. The summed E-state index contributed by atoms with van der Waals surface area (Å²) in [6.07, 6.45) is 0. The Hall–Kier alpha value is -4.88. The third kappa shape index (κ3) is 4.52. The minimum atomic E-state index is -0.119. The third-order valence-electron chi connectivity index (χ3n) is 8.80. The maximum atomic E-state index is 2.41. The maximum absolute atomic E-state index is 2.41. The molecule has 0 amide bonds. The Morgan fingerprint density at radius 1 is 0.405 bits per heavy atom. The summed E-state index contributed by atoms with van der Waals surface area (Å²) in [6, 6.07) is 51.2. The van der Waals surface area contributed by atoms with Gasteiger partial charge in [0.05, 0.1) is 0 Å². The second-order valence-electron chi connectivity index (χ2n) is 12.1. The van der Waals surface area contributed by atoms with Crippen LogP contribution < -0.4 is 4.90 Å². The van der Waals surface area contributed by atoms with E-state index in [-0.39, 0.29) is 5.41 Å². The SMILES string of the molecule is Cc1ccc(N(c2cccc(C)c2)c2ccc3c(c2)C(C)(C)c2cc(-c4ccc(-c5ccccc5)cc4)ccc2-3)cc1.